The lowest BCUT2D eigenvalue weighted by molar-refractivity contribution is 0.119. The van der Waals surface area contributed by atoms with E-state index in [4.69, 9.17) is 16.3 Å². The molecule has 2 nitrogen and oxygen atoms in total. The first kappa shape index (κ1) is 9.56. The number of aliphatic hydroxyl groups is 1. The Labute approximate surface area is 87.8 Å². The van der Waals surface area contributed by atoms with E-state index >= 15 is 0 Å². The average Bonchev–Trinajstić information content (AvgIpc) is 2.69. The number of rotatable bonds is 2. The van der Waals surface area contributed by atoms with Gasteiger partial charge in [0.15, 0.2) is 0 Å². The molecule has 1 unspecified atom stereocenters. The van der Waals surface area contributed by atoms with Crippen LogP contribution in [0.25, 0.3) is 0 Å². The monoisotopic (exact) mass is 210 g/mol. The summed E-state index contributed by atoms with van der Waals surface area (Å²) in [5.41, 5.74) is 0.769. The molecule has 0 saturated carbocycles. The van der Waals surface area contributed by atoms with Gasteiger partial charge in [0.2, 0.25) is 0 Å². The molecule has 0 saturated heterocycles. The van der Waals surface area contributed by atoms with Crippen LogP contribution < -0.4 is 0 Å². The van der Waals surface area contributed by atoms with Gasteiger partial charge in [0.05, 0.1) is 6.61 Å². The number of benzene rings is 1. The molecule has 0 aliphatic carbocycles. The average molecular weight is 211 g/mol. The van der Waals surface area contributed by atoms with Gasteiger partial charge in [-0.15, -0.1) is 0 Å². The van der Waals surface area contributed by atoms with E-state index in [0.29, 0.717) is 17.4 Å². The predicted octanol–water partition coefficient (Wildman–Crippen LogP) is 2.68. The molecule has 1 aromatic rings. The first-order chi connectivity index (χ1) is 6.77. The number of aliphatic hydroxyl groups excluding tert-OH is 1. The highest BCUT2D eigenvalue weighted by Crippen LogP contribution is 2.27. The molecule has 0 radical (unpaired) electrons. The lowest BCUT2D eigenvalue weighted by Crippen LogP contribution is -2.01. The Kier molecular flexibility index (Phi) is 2.75. The van der Waals surface area contributed by atoms with E-state index in [1.165, 1.54) is 0 Å². The van der Waals surface area contributed by atoms with Gasteiger partial charge in [0, 0.05) is 11.4 Å². The fourth-order valence-electron chi connectivity index (χ4n) is 1.47. The van der Waals surface area contributed by atoms with Gasteiger partial charge >= 0.3 is 0 Å². The number of ether oxygens (including phenoxy) is 1. The standard InChI is InChI=1S/C11H11ClO2/c12-9-4-1-3-8(7-9)11(13)10-5-2-6-14-10/h1,3-5,7,11,13H,2,6H2. The Morgan fingerprint density at radius 2 is 2.29 bits per heavy atom. The van der Waals surface area contributed by atoms with Gasteiger partial charge in [-0.05, 0) is 23.8 Å². The molecule has 1 atom stereocenters. The summed E-state index contributed by atoms with van der Waals surface area (Å²) in [5, 5.41) is 10.5. The summed E-state index contributed by atoms with van der Waals surface area (Å²) in [4.78, 5) is 0. The molecular formula is C11H11ClO2. The number of halogens is 1. The summed E-state index contributed by atoms with van der Waals surface area (Å²) in [6, 6.07) is 7.17. The lowest BCUT2D eigenvalue weighted by atomic mass is 10.1. The van der Waals surface area contributed by atoms with Crippen LogP contribution in [0.2, 0.25) is 5.02 Å². The van der Waals surface area contributed by atoms with Gasteiger partial charge in [0.25, 0.3) is 0 Å². The molecule has 0 fully saturated rings. The molecule has 1 heterocycles. The molecule has 0 spiro atoms. The Balaban J connectivity index is 2.22. The van der Waals surface area contributed by atoms with Gasteiger partial charge in [-0.2, -0.15) is 0 Å². The Bertz CT molecular complexity index is 360. The summed E-state index contributed by atoms with van der Waals surface area (Å²) in [7, 11) is 0. The lowest BCUT2D eigenvalue weighted by Gasteiger charge is -2.12. The minimum Gasteiger partial charge on any atom is -0.495 e. The van der Waals surface area contributed by atoms with Crippen LogP contribution in [0.4, 0.5) is 0 Å². The van der Waals surface area contributed by atoms with E-state index < -0.39 is 6.10 Å². The van der Waals surface area contributed by atoms with Crippen LogP contribution in [0.1, 0.15) is 18.1 Å². The van der Waals surface area contributed by atoms with Crippen LogP contribution in [0.15, 0.2) is 36.1 Å². The van der Waals surface area contributed by atoms with Crippen molar-refractivity contribution in [3.63, 3.8) is 0 Å². The highest BCUT2D eigenvalue weighted by Gasteiger charge is 2.17. The van der Waals surface area contributed by atoms with E-state index in [0.717, 1.165) is 12.0 Å². The third-order valence-corrected chi connectivity index (χ3v) is 2.40. The molecule has 0 bridgehead atoms. The van der Waals surface area contributed by atoms with Crippen molar-refractivity contribution in [2.24, 2.45) is 0 Å². The maximum Gasteiger partial charge on any atom is 0.136 e. The zero-order valence-electron chi connectivity index (χ0n) is 7.61. The first-order valence-electron chi connectivity index (χ1n) is 4.54. The minimum atomic E-state index is -0.684. The molecule has 0 amide bonds. The summed E-state index contributed by atoms with van der Waals surface area (Å²) in [6.45, 7) is 0.660. The second-order valence-corrected chi connectivity index (χ2v) is 3.64. The zero-order chi connectivity index (χ0) is 9.97. The van der Waals surface area contributed by atoms with E-state index in [9.17, 15) is 5.11 Å². The summed E-state index contributed by atoms with van der Waals surface area (Å²) in [6.07, 6.45) is 2.09. The topological polar surface area (TPSA) is 29.5 Å². The van der Waals surface area contributed by atoms with Crippen LogP contribution in [-0.2, 0) is 4.74 Å². The van der Waals surface area contributed by atoms with Crippen LogP contribution >= 0.6 is 11.6 Å². The molecule has 0 aromatic heterocycles. The molecule has 74 valence electrons. The Morgan fingerprint density at radius 1 is 1.43 bits per heavy atom. The van der Waals surface area contributed by atoms with Gasteiger partial charge in [-0.1, -0.05) is 23.7 Å². The van der Waals surface area contributed by atoms with Crippen molar-refractivity contribution < 1.29 is 9.84 Å². The highest BCUT2D eigenvalue weighted by atomic mass is 35.5. The third kappa shape index (κ3) is 1.91. The van der Waals surface area contributed by atoms with Crippen LogP contribution in [0.3, 0.4) is 0 Å². The second kappa shape index (κ2) is 4.03. The van der Waals surface area contributed by atoms with Crippen molar-refractivity contribution in [1.82, 2.24) is 0 Å². The van der Waals surface area contributed by atoms with Gasteiger partial charge in [0.1, 0.15) is 11.9 Å². The predicted molar refractivity (Wildman–Crippen MR) is 55.1 cm³/mol. The second-order valence-electron chi connectivity index (χ2n) is 3.20. The fraction of sp³-hybridized carbons (Fsp3) is 0.273. The van der Waals surface area contributed by atoms with Crippen molar-refractivity contribution in [2.75, 3.05) is 6.61 Å². The van der Waals surface area contributed by atoms with E-state index in [2.05, 4.69) is 0 Å². The first-order valence-corrected chi connectivity index (χ1v) is 4.91. The van der Waals surface area contributed by atoms with Crippen LogP contribution in [-0.4, -0.2) is 11.7 Å². The molecule has 1 aliphatic rings. The zero-order valence-corrected chi connectivity index (χ0v) is 8.37. The third-order valence-electron chi connectivity index (χ3n) is 2.17. The smallest absolute Gasteiger partial charge is 0.136 e. The number of hydrogen-bond acceptors (Lipinski definition) is 2. The van der Waals surface area contributed by atoms with Crippen molar-refractivity contribution in [1.29, 1.82) is 0 Å². The maximum absolute atomic E-state index is 9.89. The summed E-state index contributed by atoms with van der Waals surface area (Å²) in [5.74, 6) is 0.632. The van der Waals surface area contributed by atoms with Gasteiger partial charge in [-0.3, -0.25) is 0 Å². The molecule has 1 N–H and O–H groups in total. The van der Waals surface area contributed by atoms with E-state index in [-0.39, 0.29) is 0 Å². The van der Waals surface area contributed by atoms with Crippen molar-refractivity contribution >= 4 is 11.6 Å². The maximum atomic E-state index is 9.89. The molecule has 2 rings (SSSR count). The van der Waals surface area contributed by atoms with Crippen molar-refractivity contribution in [3.05, 3.63) is 46.7 Å². The molecule has 3 heteroatoms. The Hall–Kier alpha value is -0.990. The van der Waals surface area contributed by atoms with Crippen molar-refractivity contribution in [2.45, 2.75) is 12.5 Å². The highest BCUT2D eigenvalue weighted by molar-refractivity contribution is 6.30. The van der Waals surface area contributed by atoms with Gasteiger partial charge < -0.3 is 9.84 Å². The van der Waals surface area contributed by atoms with Crippen molar-refractivity contribution in [3.8, 4) is 0 Å². The summed E-state index contributed by atoms with van der Waals surface area (Å²) >= 11 is 5.82. The number of hydrogen-bond donors (Lipinski definition) is 1. The molecule has 14 heavy (non-hydrogen) atoms. The van der Waals surface area contributed by atoms with Crippen LogP contribution in [0, 0.1) is 0 Å². The Morgan fingerprint density at radius 3 is 2.93 bits per heavy atom. The largest absolute Gasteiger partial charge is 0.495 e. The minimum absolute atomic E-state index is 0.625. The SMILES string of the molecule is OC(C1=CCCO1)c1cccc(Cl)c1. The summed E-state index contributed by atoms with van der Waals surface area (Å²) < 4.78 is 5.28. The molecule has 1 aromatic carbocycles. The molecular weight excluding hydrogens is 200 g/mol. The molecule has 1 aliphatic heterocycles. The van der Waals surface area contributed by atoms with E-state index in [1.807, 2.05) is 18.2 Å². The normalized spacial score (nSPS) is 17.4. The quantitative estimate of drug-likeness (QED) is 0.813. The van der Waals surface area contributed by atoms with E-state index in [1.54, 1.807) is 12.1 Å². The van der Waals surface area contributed by atoms with Crippen LogP contribution in [0.5, 0.6) is 0 Å². The fourth-order valence-corrected chi connectivity index (χ4v) is 1.67. The van der Waals surface area contributed by atoms with Gasteiger partial charge in [-0.25, -0.2) is 0 Å².